The molecule has 0 atom stereocenters. The third-order valence-corrected chi connectivity index (χ3v) is 5.77. The Hall–Kier alpha value is -4.51. The molecule has 1 aliphatic rings. The van der Waals surface area contributed by atoms with E-state index in [4.69, 9.17) is 4.74 Å². The molecule has 162 valence electrons. The Balaban J connectivity index is 1.81. The topological polar surface area (TPSA) is 101 Å². The number of aromatic carboxylic acids is 1. The Labute approximate surface area is 188 Å². The quantitative estimate of drug-likeness (QED) is 0.500. The summed E-state index contributed by atoms with van der Waals surface area (Å²) in [5, 5.41) is 19.3. The minimum absolute atomic E-state index is 0.0774. The van der Waals surface area contributed by atoms with Gasteiger partial charge in [0.15, 0.2) is 0 Å². The van der Waals surface area contributed by atoms with E-state index in [0.29, 0.717) is 46.8 Å². The van der Waals surface area contributed by atoms with Gasteiger partial charge >= 0.3 is 5.97 Å². The number of hydrogen-bond donors (Lipinski definition) is 1. The SMILES string of the molecule is COc1cc2c(cc1-c1cccnc1C#N)-c1c(-c3ccc(F)cc3)nc(C(=O)O)n1CC2. The first kappa shape index (κ1) is 20.4. The molecule has 0 saturated carbocycles. The minimum Gasteiger partial charge on any atom is -0.496 e. The highest BCUT2D eigenvalue weighted by molar-refractivity contribution is 5.92. The van der Waals surface area contributed by atoms with E-state index in [1.165, 1.54) is 12.1 Å². The fourth-order valence-corrected chi connectivity index (χ4v) is 4.29. The number of nitrogens with zero attached hydrogens (tertiary/aromatic N) is 4. The Kier molecular flexibility index (Phi) is 4.87. The van der Waals surface area contributed by atoms with Crippen LogP contribution in [0.15, 0.2) is 54.7 Å². The summed E-state index contributed by atoms with van der Waals surface area (Å²) in [7, 11) is 1.56. The van der Waals surface area contributed by atoms with Crippen LogP contribution >= 0.6 is 0 Å². The monoisotopic (exact) mass is 440 g/mol. The standard InChI is InChI=1S/C25H17FN4O3/c1-33-21-11-15-8-10-30-23(18(15)12-19(21)17-3-2-9-28-20(17)13-27)22(29-24(30)25(31)32)14-4-6-16(26)7-5-14/h2-7,9,11-12H,8,10H2,1H3,(H,31,32). The van der Waals surface area contributed by atoms with Crippen molar-refractivity contribution in [3.8, 4) is 45.5 Å². The maximum Gasteiger partial charge on any atom is 0.372 e. The molecule has 0 bridgehead atoms. The second kappa shape index (κ2) is 7.88. The molecule has 0 fully saturated rings. The zero-order valence-corrected chi connectivity index (χ0v) is 17.5. The first-order valence-corrected chi connectivity index (χ1v) is 10.2. The summed E-state index contributed by atoms with van der Waals surface area (Å²) in [6, 6.07) is 15.2. The van der Waals surface area contributed by atoms with E-state index in [1.54, 1.807) is 42.1 Å². The first-order valence-electron chi connectivity index (χ1n) is 10.2. The van der Waals surface area contributed by atoms with Crippen LogP contribution in [0, 0.1) is 17.1 Å². The van der Waals surface area contributed by atoms with Gasteiger partial charge in [0.2, 0.25) is 5.82 Å². The van der Waals surface area contributed by atoms with Crippen molar-refractivity contribution >= 4 is 5.97 Å². The smallest absolute Gasteiger partial charge is 0.372 e. The van der Waals surface area contributed by atoms with Crippen molar-refractivity contribution in [1.82, 2.24) is 14.5 Å². The van der Waals surface area contributed by atoms with Gasteiger partial charge in [0.25, 0.3) is 0 Å². The predicted molar refractivity (Wildman–Crippen MR) is 118 cm³/mol. The summed E-state index contributed by atoms with van der Waals surface area (Å²) < 4.78 is 20.8. The van der Waals surface area contributed by atoms with Crippen molar-refractivity contribution < 1.29 is 19.0 Å². The summed E-state index contributed by atoms with van der Waals surface area (Å²) in [5.41, 5.74) is 4.97. The lowest BCUT2D eigenvalue weighted by Crippen LogP contribution is -2.16. The average molecular weight is 440 g/mol. The highest BCUT2D eigenvalue weighted by Crippen LogP contribution is 2.43. The van der Waals surface area contributed by atoms with Gasteiger partial charge < -0.3 is 14.4 Å². The fourth-order valence-electron chi connectivity index (χ4n) is 4.29. The molecule has 2 aromatic carbocycles. The van der Waals surface area contributed by atoms with Gasteiger partial charge in [0.05, 0.1) is 18.5 Å². The van der Waals surface area contributed by atoms with Crippen molar-refractivity contribution in [2.45, 2.75) is 13.0 Å². The number of aromatic nitrogens is 3. The summed E-state index contributed by atoms with van der Waals surface area (Å²) in [6.07, 6.45) is 2.13. The number of carbonyl (C=O) groups is 1. The normalized spacial score (nSPS) is 11.9. The van der Waals surface area contributed by atoms with Crippen LogP contribution in [0.3, 0.4) is 0 Å². The Morgan fingerprint density at radius 1 is 1.18 bits per heavy atom. The summed E-state index contributed by atoms with van der Waals surface area (Å²) >= 11 is 0. The molecule has 0 saturated heterocycles. The van der Waals surface area contributed by atoms with E-state index in [1.807, 2.05) is 12.1 Å². The number of rotatable bonds is 4. The van der Waals surface area contributed by atoms with Crippen LogP contribution in [0.1, 0.15) is 21.9 Å². The van der Waals surface area contributed by atoms with Gasteiger partial charge in [-0.05, 0) is 60.5 Å². The molecule has 0 unspecified atom stereocenters. The zero-order chi connectivity index (χ0) is 23.1. The summed E-state index contributed by atoms with van der Waals surface area (Å²) in [6.45, 7) is 0.428. The van der Waals surface area contributed by atoms with Crippen LogP contribution in [-0.4, -0.2) is 32.7 Å². The molecule has 1 aliphatic heterocycles. The molecule has 1 N–H and O–H groups in total. The Bertz CT molecular complexity index is 1450. The molecule has 0 amide bonds. The van der Waals surface area contributed by atoms with Gasteiger partial charge in [-0.2, -0.15) is 5.26 Å². The van der Waals surface area contributed by atoms with Gasteiger partial charge in [-0.1, -0.05) is 0 Å². The number of ether oxygens (including phenoxy) is 1. The van der Waals surface area contributed by atoms with Gasteiger partial charge in [-0.15, -0.1) is 0 Å². The van der Waals surface area contributed by atoms with Crippen LogP contribution in [0.5, 0.6) is 5.75 Å². The number of carboxylic acids is 1. The molecule has 8 heteroatoms. The third kappa shape index (κ3) is 3.31. The average Bonchev–Trinajstić information content (AvgIpc) is 3.24. The van der Waals surface area contributed by atoms with Crippen molar-refractivity contribution in [1.29, 1.82) is 5.26 Å². The lowest BCUT2D eigenvalue weighted by atomic mass is 9.90. The number of benzene rings is 2. The molecular weight excluding hydrogens is 423 g/mol. The minimum atomic E-state index is -1.14. The highest BCUT2D eigenvalue weighted by Gasteiger charge is 2.29. The van der Waals surface area contributed by atoms with Gasteiger partial charge in [-0.3, -0.25) is 0 Å². The lowest BCUT2D eigenvalue weighted by Gasteiger charge is -2.23. The molecule has 0 spiro atoms. The van der Waals surface area contributed by atoms with E-state index in [0.717, 1.165) is 11.1 Å². The Morgan fingerprint density at radius 3 is 2.67 bits per heavy atom. The van der Waals surface area contributed by atoms with E-state index < -0.39 is 11.8 Å². The summed E-state index contributed by atoms with van der Waals surface area (Å²) in [5.74, 6) is -1.02. The van der Waals surface area contributed by atoms with Gasteiger partial charge in [0.1, 0.15) is 23.3 Å². The highest BCUT2D eigenvalue weighted by atomic mass is 19.1. The third-order valence-electron chi connectivity index (χ3n) is 5.77. The lowest BCUT2D eigenvalue weighted by molar-refractivity contribution is 0.0678. The van der Waals surface area contributed by atoms with Crippen LogP contribution in [0.4, 0.5) is 4.39 Å². The van der Waals surface area contributed by atoms with E-state index in [-0.39, 0.29) is 11.5 Å². The molecule has 5 rings (SSSR count). The van der Waals surface area contributed by atoms with Gasteiger partial charge in [-0.25, -0.2) is 19.2 Å². The molecule has 4 aromatic rings. The van der Waals surface area contributed by atoms with E-state index in [9.17, 15) is 19.6 Å². The molecule has 3 heterocycles. The van der Waals surface area contributed by atoms with E-state index >= 15 is 0 Å². The first-order chi connectivity index (χ1) is 16.0. The molecule has 7 nitrogen and oxygen atoms in total. The number of aryl methyl sites for hydroxylation is 1. The van der Waals surface area contributed by atoms with Crippen LogP contribution in [0.25, 0.3) is 33.6 Å². The van der Waals surface area contributed by atoms with Crippen LogP contribution < -0.4 is 4.74 Å². The van der Waals surface area contributed by atoms with Gasteiger partial charge in [0, 0.05) is 35.0 Å². The maximum absolute atomic E-state index is 13.5. The van der Waals surface area contributed by atoms with Crippen molar-refractivity contribution in [2.24, 2.45) is 0 Å². The fraction of sp³-hybridized carbons (Fsp3) is 0.120. The molecule has 0 radical (unpaired) electrons. The Morgan fingerprint density at radius 2 is 1.97 bits per heavy atom. The van der Waals surface area contributed by atoms with E-state index in [2.05, 4.69) is 16.0 Å². The number of imidazole rings is 1. The number of nitriles is 1. The number of hydrogen-bond acceptors (Lipinski definition) is 5. The number of halogens is 1. The largest absolute Gasteiger partial charge is 0.496 e. The number of pyridine rings is 1. The summed E-state index contributed by atoms with van der Waals surface area (Å²) in [4.78, 5) is 20.5. The predicted octanol–water partition coefficient (Wildman–Crippen LogP) is 4.55. The maximum atomic E-state index is 13.5. The van der Waals surface area contributed by atoms with Crippen LogP contribution in [0.2, 0.25) is 0 Å². The van der Waals surface area contributed by atoms with Crippen molar-refractivity contribution in [3.63, 3.8) is 0 Å². The second-order valence-electron chi connectivity index (χ2n) is 7.57. The van der Waals surface area contributed by atoms with Crippen molar-refractivity contribution in [3.05, 3.63) is 77.6 Å². The second-order valence-corrected chi connectivity index (χ2v) is 7.57. The van der Waals surface area contributed by atoms with Crippen LogP contribution in [-0.2, 0) is 13.0 Å². The van der Waals surface area contributed by atoms with Crippen molar-refractivity contribution in [2.75, 3.05) is 7.11 Å². The molecule has 0 aliphatic carbocycles. The molecule has 33 heavy (non-hydrogen) atoms. The number of carboxylic acid groups (broad SMARTS) is 1. The number of methoxy groups -OCH3 is 1. The molecular formula is C25H17FN4O3. The zero-order valence-electron chi connectivity index (χ0n) is 17.5. The molecule has 2 aromatic heterocycles. The number of fused-ring (bicyclic) bond motifs is 3.